The maximum absolute atomic E-state index is 11.6. The van der Waals surface area contributed by atoms with Crippen molar-refractivity contribution in [2.24, 2.45) is 0 Å². The first-order valence-electron chi connectivity index (χ1n) is 5.63. The van der Waals surface area contributed by atoms with Gasteiger partial charge in [0.15, 0.2) is 0 Å². The molecule has 1 unspecified atom stereocenters. The van der Waals surface area contributed by atoms with Gasteiger partial charge in [0.1, 0.15) is 0 Å². The van der Waals surface area contributed by atoms with Crippen molar-refractivity contribution in [3.8, 4) is 0 Å². The van der Waals surface area contributed by atoms with E-state index in [-0.39, 0.29) is 18.4 Å². The van der Waals surface area contributed by atoms with Crippen molar-refractivity contribution < 1.29 is 13.5 Å². The summed E-state index contributed by atoms with van der Waals surface area (Å²) in [7, 11) is 0.741. The maximum atomic E-state index is 11.6. The topological polar surface area (TPSA) is 69.6 Å². The third kappa shape index (κ3) is 9.08. The highest BCUT2D eigenvalue weighted by Gasteiger charge is 2.13. The molecule has 0 aromatic heterocycles. The number of sulfonamides is 1. The molecule has 0 fully saturated rings. The van der Waals surface area contributed by atoms with E-state index < -0.39 is 10.0 Å². The number of nitrogens with one attached hydrogen (secondary N) is 1. The highest BCUT2D eigenvalue weighted by Crippen LogP contribution is 1.99. The Labute approximate surface area is 98.9 Å². The molecule has 0 aliphatic rings. The van der Waals surface area contributed by atoms with Crippen LogP contribution >= 0.6 is 0 Å². The molecule has 0 heterocycles. The second-order valence-corrected chi connectivity index (χ2v) is 6.23. The van der Waals surface area contributed by atoms with Crippen LogP contribution < -0.4 is 4.72 Å². The van der Waals surface area contributed by atoms with Gasteiger partial charge >= 0.3 is 0 Å². The minimum Gasteiger partial charge on any atom is -0.396 e. The Hall–Kier alpha value is -0.170. The van der Waals surface area contributed by atoms with E-state index in [1.165, 1.54) is 0 Å². The zero-order valence-electron chi connectivity index (χ0n) is 10.4. The Morgan fingerprint density at radius 3 is 2.44 bits per heavy atom. The summed E-state index contributed by atoms with van der Waals surface area (Å²) < 4.78 is 25.7. The molecule has 0 aliphatic carbocycles. The van der Waals surface area contributed by atoms with Gasteiger partial charge in [0.25, 0.3) is 0 Å². The van der Waals surface area contributed by atoms with Crippen LogP contribution in [0, 0.1) is 0 Å². The van der Waals surface area contributed by atoms with E-state index in [0.717, 1.165) is 13.0 Å². The van der Waals surface area contributed by atoms with E-state index in [0.29, 0.717) is 12.8 Å². The Balaban J connectivity index is 3.86. The molecular formula is C10H24N2O3S. The van der Waals surface area contributed by atoms with E-state index in [1.54, 1.807) is 0 Å². The lowest BCUT2D eigenvalue weighted by Gasteiger charge is -2.16. The van der Waals surface area contributed by atoms with Gasteiger partial charge in [-0.05, 0) is 46.8 Å². The zero-order valence-corrected chi connectivity index (χ0v) is 11.3. The van der Waals surface area contributed by atoms with Gasteiger partial charge in [-0.15, -0.1) is 0 Å². The molecule has 98 valence electrons. The SMILES string of the molecule is CC(CCN(C)C)NS(=O)(=O)CCCCO. The molecule has 0 aliphatic heterocycles. The van der Waals surface area contributed by atoms with E-state index in [4.69, 9.17) is 5.11 Å². The first kappa shape index (κ1) is 15.8. The van der Waals surface area contributed by atoms with Gasteiger partial charge in [-0.2, -0.15) is 0 Å². The molecule has 0 bridgehead atoms. The van der Waals surface area contributed by atoms with Gasteiger partial charge in [-0.3, -0.25) is 0 Å². The molecule has 6 heteroatoms. The summed E-state index contributed by atoms with van der Waals surface area (Å²) in [5.74, 6) is 0.0971. The number of aliphatic hydroxyl groups is 1. The van der Waals surface area contributed by atoms with Crippen molar-refractivity contribution in [2.45, 2.75) is 32.2 Å². The summed E-state index contributed by atoms with van der Waals surface area (Å²) in [6, 6.07) is -0.0403. The van der Waals surface area contributed by atoms with Crippen molar-refractivity contribution in [1.82, 2.24) is 9.62 Å². The van der Waals surface area contributed by atoms with Crippen LogP contribution in [-0.4, -0.2) is 57.5 Å². The summed E-state index contributed by atoms with van der Waals surface area (Å²) >= 11 is 0. The summed E-state index contributed by atoms with van der Waals surface area (Å²) in [6.45, 7) is 2.78. The van der Waals surface area contributed by atoms with Gasteiger partial charge < -0.3 is 10.0 Å². The average Bonchev–Trinajstić information content (AvgIpc) is 2.14. The molecule has 0 saturated heterocycles. The molecule has 0 aromatic carbocycles. The zero-order chi connectivity index (χ0) is 12.6. The van der Waals surface area contributed by atoms with E-state index in [2.05, 4.69) is 4.72 Å². The number of hydrogen-bond acceptors (Lipinski definition) is 4. The molecule has 1 atom stereocenters. The predicted molar refractivity (Wildman–Crippen MR) is 65.9 cm³/mol. The minimum absolute atomic E-state index is 0.0403. The Morgan fingerprint density at radius 1 is 1.31 bits per heavy atom. The van der Waals surface area contributed by atoms with Crippen LogP contribution in [0.5, 0.6) is 0 Å². The van der Waals surface area contributed by atoms with Crippen LogP contribution in [0.25, 0.3) is 0 Å². The van der Waals surface area contributed by atoms with Crippen molar-refractivity contribution in [3.63, 3.8) is 0 Å². The van der Waals surface area contributed by atoms with E-state index >= 15 is 0 Å². The fraction of sp³-hybridized carbons (Fsp3) is 1.00. The van der Waals surface area contributed by atoms with Crippen LogP contribution in [-0.2, 0) is 10.0 Å². The Morgan fingerprint density at radius 2 is 1.94 bits per heavy atom. The lowest BCUT2D eigenvalue weighted by molar-refractivity contribution is 0.287. The van der Waals surface area contributed by atoms with Crippen molar-refractivity contribution in [1.29, 1.82) is 0 Å². The summed E-state index contributed by atoms with van der Waals surface area (Å²) in [5, 5.41) is 8.57. The normalized spacial score (nSPS) is 14.3. The Kier molecular flexibility index (Phi) is 7.91. The van der Waals surface area contributed by atoms with Crippen molar-refractivity contribution in [3.05, 3.63) is 0 Å². The van der Waals surface area contributed by atoms with E-state index in [1.807, 2.05) is 25.9 Å². The first-order chi connectivity index (χ1) is 7.37. The quantitative estimate of drug-likeness (QED) is 0.568. The molecular weight excluding hydrogens is 228 g/mol. The van der Waals surface area contributed by atoms with Crippen LogP contribution in [0.3, 0.4) is 0 Å². The highest BCUT2D eigenvalue weighted by atomic mass is 32.2. The van der Waals surface area contributed by atoms with Gasteiger partial charge in [0.05, 0.1) is 5.75 Å². The Bertz CT molecular complexity index is 265. The second kappa shape index (κ2) is 8.00. The summed E-state index contributed by atoms with van der Waals surface area (Å²) in [4.78, 5) is 2.02. The van der Waals surface area contributed by atoms with Crippen LogP contribution in [0.1, 0.15) is 26.2 Å². The molecule has 0 spiro atoms. The third-order valence-corrected chi connectivity index (χ3v) is 3.80. The fourth-order valence-corrected chi connectivity index (χ4v) is 2.71. The second-order valence-electron chi connectivity index (χ2n) is 4.36. The van der Waals surface area contributed by atoms with Gasteiger partial charge in [0.2, 0.25) is 10.0 Å². The van der Waals surface area contributed by atoms with Gasteiger partial charge in [-0.25, -0.2) is 13.1 Å². The molecule has 16 heavy (non-hydrogen) atoms. The first-order valence-corrected chi connectivity index (χ1v) is 7.28. The monoisotopic (exact) mass is 252 g/mol. The highest BCUT2D eigenvalue weighted by molar-refractivity contribution is 7.89. The van der Waals surface area contributed by atoms with Crippen molar-refractivity contribution >= 4 is 10.0 Å². The summed E-state index contributed by atoms with van der Waals surface area (Å²) in [5.41, 5.74) is 0. The van der Waals surface area contributed by atoms with Gasteiger partial charge in [0, 0.05) is 12.6 Å². The van der Waals surface area contributed by atoms with Crippen LogP contribution in [0.15, 0.2) is 0 Å². The lowest BCUT2D eigenvalue weighted by atomic mass is 10.2. The van der Waals surface area contributed by atoms with E-state index in [9.17, 15) is 8.42 Å². The maximum Gasteiger partial charge on any atom is 0.211 e. The van der Waals surface area contributed by atoms with Crippen LogP contribution in [0.2, 0.25) is 0 Å². The number of aliphatic hydroxyl groups excluding tert-OH is 1. The molecule has 0 radical (unpaired) electrons. The number of nitrogens with zero attached hydrogens (tertiary/aromatic N) is 1. The summed E-state index contributed by atoms with van der Waals surface area (Å²) in [6.07, 6.45) is 1.84. The molecule has 0 amide bonds. The molecule has 5 nitrogen and oxygen atoms in total. The predicted octanol–water partition coefficient (Wildman–Crippen LogP) is 0.0185. The minimum atomic E-state index is -3.18. The molecule has 0 rings (SSSR count). The lowest BCUT2D eigenvalue weighted by Crippen LogP contribution is -2.36. The standard InChI is InChI=1S/C10H24N2O3S/c1-10(6-7-12(2)3)11-16(14,15)9-5-4-8-13/h10-11,13H,4-9H2,1-3H3. The van der Waals surface area contributed by atoms with Crippen LogP contribution in [0.4, 0.5) is 0 Å². The smallest absolute Gasteiger partial charge is 0.211 e. The van der Waals surface area contributed by atoms with Crippen molar-refractivity contribution in [2.75, 3.05) is 33.0 Å². The largest absolute Gasteiger partial charge is 0.396 e. The number of rotatable bonds is 9. The fourth-order valence-electron chi connectivity index (χ4n) is 1.28. The molecule has 2 N–H and O–H groups in total. The molecule has 0 aromatic rings. The third-order valence-electron chi connectivity index (χ3n) is 2.21. The number of unbranched alkanes of at least 4 members (excludes halogenated alkanes) is 1. The number of hydrogen-bond donors (Lipinski definition) is 2. The molecule has 0 saturated carbocycles. The van der Waals surface area contributed by atoms with Gasteiger partial charge in [-0.1, -0.05) is 0 Å². The average molecular weight is 252 g/mol.